The number of methoxy groups -OCH3 is 1. The zero-order valence-corrected chi connectivity index (χ0v) is 17.4. The molecule has 28 heavy (non-hydrogen) atoms. The molecule has 6 heteroatoms. The topological polar surface area (TPSA) is 44.8 Å². The standard InChI is InChI=1S/C22H34FN3O2/c1-16-6-4-5-7-20(16)24-22(27)17(2)26-12-10-25(11-13-26)15-18-14-19(23)8-9-21(18)28-3/h8-9,14,16-17,20H,4-7,10-13,15H2,1-3H3,(H,24,27)/t16-,17+,20+/m0/s1. The maximum atomic E-state index is 13.6. The van der Waals surface area contributed by atoms with E-state index in [1.165, 1.54) is 25.3 Å². The van der Waals surface area contributed by atoms with Gasteiger partial charge < -0.3 is 10.1 Å². The van der Waals surface area contributed by atoms with Crippen LogP contribution in [-0.2, 0) is 11.3 Å². The molecule has 1 aromatic rings. The van der Waals surface area contributed by atoms with Crippen molar-refractivity contribution in [3.8, 4) is 5.75 Å². The van der Waals surface area contributed by atoms with Crippen LogP contribution >= 0.6 is 0 Å². The van der Waals surface area contributed by atoms with E-state index >= 15 is 0 Å². The van der Waals surface area contributed by atoms with E-state index in [9.17, 15) is 9.18 Å². The average Bonchev–Trinajstić information content (AvgIpc) is 2.70. The fourth-order valence-corrected chi connectivity index (χ4v) is 4.42. The van der Waals surface area contributed by atoms with E-state index in [4.69, 9.17) is 4.74 Å². The number of amides is 1. The van der Waals surface area contributed by atoms with Crippen LogP contribution in [0.1, 0.15) is 45.1 Å². The third kappa shape index (κ3) is 5.23. The lowest BCUT2D eigenvalue weighted by molar-refractivity contribution is -0.127. The Bertz CT molecular complexity index is 661. The lowest BCUT2D eigenvalue weighted by Crippen LogP contribution is -2.55. The Kier molecular flexibility index (Phi) is 7.30. The van der Waals surface area contributed by atoms with Gasteiger partial charge in [-0.05, 0) is 43.9 Å². The number of halogens is 1. The van der Waals surface area contributed by atoms with Gasteiger partial charge >= 0.3 is 0 Å². The zero-order valence-electron chi connectivity index (χ0n) is 17.4. The van der Waals surface area contributed by atoms with Crippen molar-refractivity contribution >= 4 is 5.91 Å². The largest absolute Gasteiger partial charge is 0.496 e. The molecule has 1 aromatic carbocycles. The van der Waals surface area contributed by atoms with Gasteiger partial charge in [0.05, 0.1) is 13.2 Å². The Balaban J connectivity index is 1.49. The quantitative estimate of drug-likeness (QED) is 0.810. The molecule has 0 aromatic heterocycles. The number of carbonyl (C=O) groups excluding carboxylic acids is 1. The molecule has 1 aliphatic carbocycles. The van der Waals surface area contributed by atoms with Crippen molar-refractivity contribution in [2.45, 2.75) is 58.2 Å². The molecule has 2 aliphatic rings. The van der Waals surface area contributed by atoms with Gasteiger partial charge in [-0.3, -0.25) is 14.6 Å². The van der Waals surface area contributed by atoms with E-state index in [1.54, 1.807) is 19.2 Å². The predicted molar refractivity (Wildman–Crippen MR) is 109 cm³/mol. The molecule has 3 atom stereocenters. The highest BCUT2D eigenvalue weighted by molar-refractivity contribution is 5.81. The monoisotopic (exact) mass is 391 g/mol. The highest BCUT2D eigenvalue weighted by Gasteiger charge is 2.29. The molecular weight excluding hydrogens is 357 g/mol. The summed E-state index contributed by atoms with van der Waals surface area (Å²) in [5.41, 5.74) is 0.869. The lowest BCUT2D eigenvalue weighted by atomic mass is 9.86. The second-order valence-corrected chi connectivity index (χ2v) is 8.32. The number of benzene rings is 1. The Morgan fingerprint density at radius 3 is 2.64 bits per heavy atom. The first-order valence-electron chi connectivity index (χ1n) is 10.6. The van der Waals surface area contributed by atoms with Crippen molar-refractivity contribution in [3.05, 3.63) is 29.6 Å². The number of nitrogens with zero attached hydrogens (tertiary/aromatic N) is 2. The summed E-state index contributed by atoms with van der Waals surface area (Å²) in [5.74, 6) is 1.21. The molecule has 3 rings (SSSR count). The number of piperazine rings is 1. The van der Waals surface area contributed by atoms with Crippen LogP contribution in [0.2, 0.25) is 0 Å². The van der Waals surface area contributed by atoms with Crippen LogP contribution in [-0.4, -0.2) is 61.1 Å². The van der Waals surface area contributed by atoms with Gasteiger partial charge in [-0.2, -0.15) is 0 Å². The molecule has 5 nitrogen and oxygen atoms in total. The van der Waals surface area contributed by atoms with Crippen LogP contribution in [0.4, 0.5) is 4.39 Å². The van der Waals surface area contributed by atoms with Crippen molar-refractivity contribution in [2.24, 2.45) is 5.92 Å². The van der Waals surface area contributed by atoms with Crippen LogP contribution in [0.3, 0.4) is 0 Å². The molecule has 1 heterocycles. The van der Waals surface area contributed by atoms with Crippen molar-refractivity contribution < 1.29 is 13.9 Å². The summed E-state index contributed by atoms with van der Waals surface area (Å²) in [7, 11) is 1.61. The molecular formula is C22H34FN3O2. The molecule has 0 radical (unpaired) electrons. The lowest BCUT2D eigenvalue weighted by Gasteiger charge is -2.38. The molecule has 0 bridgehead atoms. The summed E-state index contributed by atoms with van der Waals surface area (Å²) < 4.78 is 18.9. The maximum absolute atomic E-state index is 13.6. The first kappa shape index (κ1) is 21.1. The molecule has 2 fully saturated rings. The molecule has 156 valence electrons. The van der Waals surface area contributed by atoms with Gasteiger partial charge in [-0.15, -0.1) is 0 Å². The summed E-state index contributed by atoms with van der Waals surface area (Å²) in [6, 6.07) is 4.87. The van der Waals surface area contributed by atoms with Gasteiger partial charge in [0, 0.05) is 44.3 Å². The van der Waals surface area contributed by atoms with Crippen molar-refractivity contribution in [3.63, 3.8) is 0 Å². The SMILES string of the molecule is COc1ccc(F)cc1CN1CCN([C@H](C)C(=O)N[C@@H]2CCCC[C@@H]2C)CC1. The van der Waals surface area contributed by atoms with Gasteiger partial charge in [0.15, 0.2) is 0 Å². The van der Waals surface area contributed by atoms with Crippen LogP contribution in [0.25, 0.3) is 0 Å². The number of hydrogen-bond acceptors (Lipinski definition) is 4. The molecule has 0 unspecified atom stereocenters. The summed E-state index contributed by atoms with van der Waals surface area (Å²) in [4.78, 5) is 17.3. The van der Waals surface area contributed by atoms with Crippen LogP contribution in [0.5, 0.6) is 5.75 Å². The number of carbonyl (C=O) groups is 1. The summed E-state index contributed by atoms with van der Waals surface area (Å²) >= 11 is 0. The van der Waals surface area contributed by atoms with E-state index in [2.05, 4.69) is 22.0 Å². The summed E-state index contributed by atoms with van der Waals surface area (Å²) in [6.45, 7) is 8.31. The van der Waals surface area contributed by atoms with Gasteiger partial charge in [-0.25, -0.2) is 4.39 Å². The molecule has 1 N–H and O–H groups in total. The fraction of sp³-hybridized carbons (Fsp3) is 0.682. The minimum absolute atomic E-state index is 0.111. The molecule has 1 saturated carbocycles. The second-order valence-electron chi connectivity index (χ2n) is 8.32. The normalized spacial score (nSPS) is 25.3. The van der Waals surface area contributed by atoms with Crippen LogP contribution in [0, 0.1) is 11.7 Å². The van der Waals surface area contributed by atoms with Crippen LogP contribution in [0.15, 0.2) is 18.2 Å². The number of nitrogens with one attached hydrogen (secondary N) is 1. The minimum Gasteiger partial charge on any atom is -0.496 e. The van der Waals surface area contributed by atoms with Crippen molar-refractivity contribution in [1.29, 1.82) is 0 Å². The van der Waals surface area contributed by atoms with Crippen LogP contribution < -0.4 is 10.1 Å². The van der Waals surface area contributed by atoms with Gasteiger partial charge in [0.25, 0.3) is 0 Å². The maximum Gasteiger partial charge on any atom is 0.237 e. The molecule has 1 aliphatic heterocycles. The number of rotatable bonds is 6. The molecule has 0 spiro atoms. The predicted octanol–water partition coefficient (Wildman–Crippen LogP) is 3.04. The van der Waals surface area contributed by atoms with E-state index < -0.39 is 0 Å². The number of ether oxygens (including phenoxy) is 1. The van der Waals surface area contributed by atoms with Crippen molar-refractivity contribution in [2.75, 3.05) is 33.3 Å². The fourth-order valence-electron chi connectivity index (χ4n) is 4.42. The van der Waals surface area contributed by atoms with E-state index in [0.29, 0.717) is 18.5 Å². The Hall–Kier alpha value is -1.66. The average molecular weight is 392 g/mol. The van der Waals surface area contributed by atoms with E-state index in [0.717, 1.165) is 43.9 Å². The van der Waals surface area contributed by atoms with Gasteiger partial charge in [-0.1, -0.05) is 19.8 Å². The highest BCUT2D eigenvalue weighted by atomic mass is 19.1. The first-order valence-corrected chi connectivity index (χ1v) is 10.6. The number of hydrogen-bond donors (Lipinski definition) is 1. The van der Waals surface area contributed by atoms with Gasteiger partial charge in [0.2, 0.25) is 5.91 Å². The van der Waals surface area contributed by atoms with Crippen molar-refractivity contribution in [1.82, 2.24) is 15.1 Å². The second kappa shape index (κ2) is 9.70. The smallest absolute Gasteiger partial charge is 0.237 e. The Morgan fingerprint density at radius 2 is 1.96 bits per heavy atom. The summed E-state index contributed by atoms with van der Waals surface area (Å²) in [5, 5.41) is 3.29. The Morgan fingerprint density at radius 1 is 1.25 bits per heavy atom. The highest BCUT2D eigenvalue weighted by Crippen LogP contribution is 2.24. The molecule has 1 amide bonds. The third-order valence-corrected chi connectivity index (χ3v) is 6.41. The Labute approximate surface area is 168 Å². The summed E-state index contributed by atoms with van der Waals surface area (Å²) in [6.07, 6.45) is 4.80. The third-order valence-electron chi connectivity index (χ3n) is 6.41. The zero-order chi connectivity index (χ0) is 20.1. The minimum atomic E-state index is -0.239. The van der Waals surface area contributed by atoms with E-state index in [-0.39, 0.29) is 17.8 Å². The first-order chi connectivity index (χ1) is 13.5. The van der Waals surface area contributed by atoms with Gasteiger partial charge in [0.1, 0.15) is 11.6 Å². The molecule has 1 saturated heterocycles. The van der Waals surface area contributed by atoms with E-state index in [1.807, 2.05) is 6.92 Å².